The molecule has 0 unspecified atom stereocenters. The Morgan fingerprint density at radius 3 is 2.19 bits per heavy atom. The number of hydrogen-bond acceptors (Lipinski definition) is 2. The highest BCUT2D eigenvalue weighted by Gasteiger charge is 2.15. The van der Waals surface area contributed by atoms with Gasteiger partial charge in [-0.3, -0.25) is 4.79 Å². The van der Waals surface area contributed by atoms with Crippen molar-refractivity contribution >= 4 is 17.6 Å². The molecule has 0 atom stereocenters. The summed E-state index contributed by atoms with van der Waals surface area (Å²) >= 11 is 0. The molecule has 0 aliphatic rings. The monoisotopic (exact) mass is 289 g/mol. The molecule has 0 fully saturated rings. The van der Waals surface area contributed by atoms with Crippen molar-refractivity contribution in [1.82, 2.24) is 0 Å². The predicted octanol–water partition coefficient (Wildman–Crippen LogP) is 3.80. The third-order valence-corrected chi connectivity index (χ3v) is 3.23. The number of anilines is 1. The van der Waals surface area contributed by atoms with E-state index in [-0.39, 0.29) is 5.91 Å². The van der Waals surface area contributed by atoms with Crippen LogP contribution < -0.4 is 5.32 Å². The van der Waals surface area contributed by atoms with Gasteiger partial charge in [0.15, 0.2) is 0 Å². The van der Waals surface area contributed by atoms with Crippen molar-refractivity contribution in [2.75, 3.05) is 5.32 Å². The Bertz CT molecular complexity index is 561. The molecule has 4 heteroatoms. The van der Waals surface area contributed by atoms with Gasteiger partial charge in [-0.05, 0) is 43.0 Å². The minimum absolute atomic E-state index is 0.238. The van der Waals surface area contributed by atoms with Crippen LogP contribution in [0.4, 0.5) is 5.69 Å². The zero-order chi connectivity index (χ0) is 16.0. The summed E-state index contributed by atoms with van der Waals surface area (Å²) in [7, 11) is 0. The minimum Gasteiger partial charge on any atom is -0.478 e. The molecular formula is C17H23NO3. The van der Waals surface area contributed by atoms with Gasteiger partial charge in [0.2, 0.25) is 0 Å². The first-order chi connectivity index (χ1) is 9.90. The largest absolute Gasteiger partial charge is 0.478 e. The molecule has 0 heterocycles. The number of rotatable bonds is 7. The molecule has 1 aromatic rings. The van der Waals surface area contributed by atoms with Crippen LogP contribution in [0.5, 0.6) is 0 Å². The smallest absolute Gasteiger partial charge is 0.335 e. The van der Waals surface area contributed by atoms with Gasteiger partial charge in [-0.1, -0.05) is 33.3 Å². The Balaban J connectivity index is 3.31. The molecule has 0 saturated carbocycles. The van der Waals surface area contributed by atoms with Gasteiger partial charge < -0.3 is 10.4 Å². The maximum atomic E-state index is 11.8. The second kappa shape index (κ2) is 7.62. The second-order valence-corrected chi connectivity index (χ2v) is 5.21. The van der Waals surface area contributed by atoms with Gasteiger partial charge in [-0.2, -0.15) is 0 Å². The number of carboxylic acid groups (broad SMARTS) is 1. The van der Waals surface area contributed by atoms with E-state index in [0.29, 0.717) is 23.2 Å². The lowest BCUT2D eigenvalue weighted by Gasteiger charge is -2.15. The summed E-state index contributed by atoms with van der Waals surface area (Å²) in [6.45, 7) is 9.29. The number of aromatic carboxylic acids is 1. The average molecular weight is 289 g/mol. The van der Waals surface area contributed by atoms with E-state index in [2.05, 4.69) is 11.9 Å². The maximum absolute atomic E-state index is 11.8. The molecule has 1 rings (SSSR count). The zero-order valence-corrected chi connectivity index (χ0v) is 13.0. The first-order valence-electron chi connectivity index (χ1n) is 7.26. The summed E-state index contributed by atoms with van der Waals surface area (Å²) in [5, 5.41) is 12.2. The van der Waals surface area contributed by atoms with Crippen LogP contribution in [0.2, 0.25) is 0 Å². The zero-order valence-electron chi connectivity index (χ0n) is 13.0. The Labute approximate surface area is 125 Å². The highest BCUT2D eigenvalue weighted by molar-refractivity contribution is 6.03. The Morgan fingerprint density at radius 1 is 1.14 bits per heavy atom. The van der Waals surface area contributed by atoms with Crippen molar-refractivity contribution in [1.29, 1.82) is 0 Å². The lowest BCUT2D eigenvalue weighted by atomic mass is 9.96. The highest BCUT2D eigenvalue weighted by Crippen LogP contribution is 2.25. The normalized spacial score (nSPS) is 10.2. The van der Waals surface area contributed by atoms with Crippen molar-refractivity contribution in [2.45, 2.75) is 46.5 Å². The number of aryl methyl sites for hydroxylation is 2. The van der Waals surface area contributed by atoms with Gasteiger partial charge in [0.1, 0.15) is 0 Å². The quantitative estimate of drug-likeness (QED) is 0.750. The van der Waals surface area contributed by atoms with E-state index in [1.165, 1.54) is 0 Å². The molecule has 21 heavy (non-hydrogen) atoms. The Kier molecular flexibility index (Phi) is 6.15. The van der Waals surface area contributed by atoms with Crippen molar-refractivity contribution in [3.63, 3.8) is 0 Å². The van der Waals surface area contributed by atoms with Crippen molar-refractivity contribution in [3.8, 4) is 0 Å². The summed E-state index contributed by atoms with van der Waals surface area (Å²) in [6.07, 6.45) is 3.12. The van der Waals surface area contributed by atoms with Crippen LogP contribution >= 0.6 is 0 Å². The molecule has 1 amide bonds. The summed E-state index contributed by atoms with van der Waals surface area (Å²) in [5.74, 6) is -1.16. The van der Waals surface area contributed by atoms with Gasteiger partial charge in [-0.15, -0.1) is 0 Å². The van der Waals surface area contributed by atoms with Gasteiger partial charge >= 0.3 is 5.97 Å². The lowest BCUT2D eigenvalue weighted by Crippen LogP contribution is -2.15. The minimum atomic E-state index is -0.923. The van der Waals surface area contributed by atoms with Gasteiger partial charge in [0.05, 0.1) is 5.56 Å². The number of carboxylic acids is 1. The summed E-state index contributed by atoms with van der Waals surface area (Å²) in [6, 6.07) is 3.48. The first-order valence-corrected chi connectivity index (χ1v) is 7.26. The lowest BCUT2D eigenvalue weighted by molar-refractivity contribution is -0.112. The number of hydrogen-bond donors (Lipinski definition) is 2. The fourth-order valence-electron chi connectivity index (χ4n) is 2.19. The Morgan fingerprint density at radius 2 is 1.71 bits per heavy atom. The molecule has 4 nitrogen and oxygen atoms in total. The molecule has 1 aromatic carbocycles. The van der Waals surface area contributed by atoms with Gasteiger partial charge in [0, 0.05) is 11.3 Å². The summed E-state index contributed by atoms with van der Waals surface area (Å²) in [5.41, 5.74) is 3.05. The van der Waals surface area contributed by atoms with Crippen LogP contribution in [0.15, 0.2) is 24.3 Å². The van der Waals surface area contributed by atoms with Crippen molar-refractivity contribution in [3.05, 3.63) is 41.0 Å². The van der Waals surface area contributed by atoms with Crippen LogP contribution in [0.1, 0.15) is 55.1 Å². The van der Waals surface area contributed by atoms with Crippen LogP contribution in [0.25, 0.3) is 0 Å². The second-order valence-electron chi connectivity index (χ2n) is 5.21. The number of carbonyl (C=O) groups excluding carboxylic acids is 1. The fraction of sp³-hybridized carbons (Fsp3) is 0.412. The molecule has 0 saturated heterocycles. The number of carbonyl (C=O) groups is 2. The van der Waals surface area contributed by atoms with E-state index in [0.717, 1.165) is 30.4 Å². The molecule has 0 bridgehead atoms. The topological polar surface area (TPSA) is 66.4 Å². The number of amides is 1. The molecule has 0 aromatic heterocycles. The van der Waals surface area contributed by atoms with Crippen LogP contribution in [0, 0.1) is 0 Å². The number of benzene rings is 1. The molecule has 0 aliphatic heterocycles. The third-order valence-electron chi connectivity index (χ3n) is 3.23. The highest BCUT2D eigenvalue weighted by atomic mass is 16.4. The SMILES string of the molecule is C=C(C)C(=O)Nc1cc(CCC)c(C(=O)O)cc1CCC. The first kappa shape index (κ1) is 17.0. The Hall–Kier alpha value is -2.10. The van der Waals surface area contributed by atoms with E-state index in [1.54, 1.807) is 19.1 Å². The molecule has 114 valence electrons. The van der Waals surface area contributed by atoms with Crippen molar-refractivity contribution in [2.24, 2.45) is 0 Å². The van der Waals surface area contributed by atoms with Gasteiger partial charge in [-0.25, -0.2) is 4.79 Å². The van der Waals surface area contributed by atoms with E-state index in [4.69, 9.17) is 0 Å². The molecule has 0 spiro atoms. The van der Waals surface area contributed by atoms with Crippen LogP contribution in [-0.4, -0.2) is 17.0 Å². The van der Waals surface area contributed by atoms with E-state index in [9.17, 15) is 14.7 Å². The standard InChI is InChI=1S/C17H23NO3/c1-5-7-12-10-15(18-16(19)11(3)4)13(8-6-2)9-14(12)17(20)21/h9-10H,3,5-8H2,1-2,4H3,(H,18,19)(H,20,21). The fourth-order valence-corrected chi connectivity index (χ4v) is 2.19. The van der Waals surface area contributed by atoms with Gasteiger partial charge in [0.25, 0.3) is 5.91 Å². The van der Waals surface area contributed by atoms with Crippen LogP contribution in [0.3, 0.4) is 0 Å². The molecule has 0 aliphatic carbocycles. The third kappa shape index (κ3) is 4.45. The average Bonchev–Trinajstić information content (AvgIpc) is 2.41. The number of nitrogens with one attached hydrogen (secondary N) is 1. The molecule has 2 N–H and O–H groups in total. The van der Waals surface area contributed by atoms with Crippen LogP contribution in [-0.2, 0) is 17.6 Å². The summed E-state index contributed by atoms with van der Waals surface area (Å²) < 4.78 is 0. The van der Waals surface area contributed by atoms with E-state index < -0.39 is 5.97 Å². The maximum Gasteiger partial charge on any atom is 0.335 e. The molecular weight excluding hydrogens is 266 g/mol. The summed E-state index contributed by atoms with van der Waals surface area (Å²) in [4.78, 5) is 23.2. The van der Waals surface area contributed by atoms with Crippen molar-refractivity contribution < 1.29 is 14.7 Å². The van der Waals surface area contributed by atoms with E-state index in [1.807, 2.05) is 13.8 Å². The molecule has 0 radical (unpaired) electrons. The van der Waals surface area contributed by atoms with E-state index >= 15 is 0 Å². The predicted molar refractivity (Wildman–Crippen MR) is 84.8 cm³/mol.